The van der Waals surface area contributed by atoms with Gasteiger partial charge in [-0.25, -0.2) is 8.78 Å². The van der Waals surface area contributed by atoms with Gasteiger partial charge in [0.1, 0.15) is 0 Å². The minimum Gasteiger partial charge on any atom is -0.207 e. The molecule has 0 radical (unpaired) electrons. The van der Waals surface area contributed by atoms with Gasteiger partial charge in [-0.15, -0.1) is 11.6 Å². The van der Waals surface area contributed by atoms with Crippen molar-refractivity contribution in [2.24, 2.45) is 11.8 Å². The van der Waals surface area contributed by atoms with E-state index < -0.39 is 5.92 Å². The van der Waals surface area contributed by atoms with Crippen LogP contribution in [0.15, 0.2) is 0 Å². The molecule has 0 bridgehead atoms. The lowest BCUT2D eigenvalue weighted by Gasteiger charge is -2.29. The highest BCUT2D eigenvalue weighted by atomic mass is 35.5. The first kappa shape index (κ1) is 11.7. The standard InChI is InChI=1S/C10H14ClF2N/c11-6-9(7-14)4-8-2-1-3-10(12,13)5-8/h8-9H,1-6H2. The van der Waals surface area contributed by atoms with Crippen LogP contribution in [-0.2, 0) is 0 Å². The summed E-state index contributed by atoms with van der Waals surface area (Å²) in [7, 11) is 0. The van der Waals surface area contributed by atoms with Gasteiger partial charge in [-0.3, -0.25) is 0 Å². The Morgan fingerprint density at radius 3 is 2.79 bits per heavy atom. The molecule has 0 aromatic heterocycles. The third kappa shape index (κ3) is 3.42. The molecule has 1 fully saturated rings. The van der Waals surface area contributed by atoms with Crippen molar-refractivity contribution in [2.75, 3.05) is 5.88 Å². The lowest BCUT2D eigenvalue weighted by molar-refractivity contribution is -0.0545. The summed E-state index contributed by atoms with van der Waals surface area (Å²) in [6.07, 6.45) is 1.84. The number of hydrogen-bond donors (Lipinski definition) is 0. The Morgan fingerprint density at radius 2 is 2.29 bits per heavy atom. The van der Waals surface area contributed by atoms with Gasteiger partial charge in [-0.1, -0.05) is 0 Å². The predicted octanol–water partition coefficient (Wildman–Crippen LogP) is 3.58. The normalized spacial score (nSPS) is 28.0. The van der Waals surface area contributed by atoms with Gasteiger partial charge in [-0.05, 0) is 25.2 Å². The second-order valence-electron chi connectivity index (χ2n) is 4.03. The fourth-order valence-corrected chi connectivity index (χ4v) is 2.22. The van der Waals surface area contributed by atoms with Crippen LogP contribution in [0.3, 0.4) is 0 Å². The Bertz CT molecular complexity index is 225. The van der Waals surface area contributed by atoms with Crippen molar-refractivity contribution in [3.05, 3.63) is 0 Å². The minimum absolute atomic E-state index is 0.00158. The van der Waals surface area contributed by atoms with Crippen LogP contribution in [0.25, 0.3) is 0 Å². The summed E-state index contributed by atoms with van der Waals surface area (Å²) < 4.78 is 26.0. The fraction of sp³-hybridized carbons (Fsp3) is 0.900. The molecule has 0 N–H and O–H groups in total. The maximum Gasteiger partial charge on any atom is 0.248 e. The average molecular weight is 222 g/mol. The van der Waals surface area contributed by atoms with Crippen LogP contribution >= 0.6 is 11.6 Å². The molecule has 1 rings (SSSR count). The molecule has 1 saturated carbocycles. The van der Waals surface area contributed by atoms with Crippen molar-refractivity contribution in [1.29, 1.82) is 5.26 Å². The Labute approximate surface area is 88.0 Å². The van der Waals surface area contributed by atoms with Crippen LogP contribution in [0.5, 0.6) is 0 Å². The highest BCUT2D eigenvalue weighted by Gasteiger charge is 2.36. The molecular formula is C10H14ClF2N. The minimum atomic E-state index is -2.52. The second kappa shape index (κ2) is 4.93. The molecule has 0 amide bonds. The average Bonchev–Trinajstić information content (AvgIpc) is 2.12. The van der Waals surface area contributed by atoms with E-state index in [1.807, 2.05) is 6.07 Å². The second-order valence-corrected chi connectivity index (χ2v) is 4.34. The molecule has 2 unspecified atom stereocenters. The molecule has 0 heterocycles. The maximum atomic E-state index is 13.0. The van der Waals surface area contributed by atoms with E-state index in [2.05, 4.69) is 0 Å². The molecule has 1 aliphatic rings. The van der Waals surface area contributed by atoms with Gasteiger partial charge in [0, 0.05) is 18.7 Å². The summed E-state index contributed by atoms with van der Waals surface area (Å²) >= 11 is 5.55. The van der Waals surface area contributed by atoms with Gasteiger partial charge in [0.25, 0.3) is 0 Å². The highest BCUT2D eigenvalue weighted by molar-refractivity contribution is 6.18. The molecule has 0 aliphatic heterocycles. The first-order valence-corrected chi connectivity index (χ1v) is 5.44. The molecule has 0 saturated heterocycles. The van der Waals surface area contributed by atoms with Gasteiger partial charge >= 0.3 is 0 Å². The van der Waals surface area contributed by atoms with E-state index in [4.69, 9.17) is 16.9 Å². The molecule has 80 valence electrons. The largest absolute Gasteiger partial charge is 0.248 e. The summed E-state index contributed by atoms with van der Waals surface area (Å²) in [5, 5.41) is 8.66. The first-order chi connectivity index (χ1) is 6.57. The number of halogens is 3. The Morgan fingerprint density at radius 1 is 1.57 bits per heavy atom. The molecule has 14 heavy (non-hydrogen) atoms. The van der Waals surface area contributed by atoms with Crippen LogP contribution in [-0.4, -0.2) is 11.8 Å². The molecule has 0 aromatic rings. The summed E-state index contributed by atoms with van der Waals surface area (Å²) in [6.45, 7) is 0. The Balaban J connectivity index is 2.42. The quantitative estimate of drug-likeness (QED) is 0.669. The maximum absolute atomic E-state index is 13.0. The molecule has 1 nitrogen and oxygen atoms in total. The topological polar surface area (TPSA) is 23.8 Å². The number of hydrogen-bond acceptors (Lipinski definition) is 1. The van der Waals surface area contributed by atoms with Crippen molar-refractivity contribution in [3.63, 3.8) is 0 Å². The summed E-state index contributed by atoms with van der Waals surface area (Å²) in [4.78, 5) is 0. The van der Waals surface area contributed by atoms with Crippen molar-refractivity contribution in [2.45, 2.75) is 38.0 Å². The van der Waals surface area contributed by atoms with Crippen molar-refractivity contribution in [3.8, 4) is 6.07 Å². The molecule has 0 aromatic carbocycles. The van der Waals surface area contributed by atoms with E-state index in [9.17, 15) is 8.78 Å². The van der Waals surface area contributed by atoms with Crippen LogP contribution in [0.1, 0.15) is 32.1 Å². The summed E-state index contributed by atoms with van der Waals surface area (Å²) in [6, 6.07) is 2.05. The van der Waals surface area contributed by atoms with Gasteiger partial charge < -0.3 is 0 Å². The van der Waals surface area contributed by atoms with E-state index in [-0.39, 0.29) is 30.6 Å². The van der Waals surface area contributed by atoms with Gasteiger partial charge in [0.15, 0.2) is 0 Å². The van der Waals surface area contributed by atoms with Gasteiger partial charge in [0.2, 0.25) is 5.92 Å². The number of nitriles is 1. The third-order valence-corrected chi connectivity index (χ3v) is 3.10. The number of alkyl halides is 3. The lowest BCUT2D eigenvalue weighted by Crippen LogP contribution is -2.27. The number of rotatable bonds is 3. The SMILES string of the molecule is N#CC(CCl)CC1CCCC(F)(F)C1. The van der Waals surface area contributed by atoms with E-state index in [1.165, 1.54) is 0 Å². The monoisotopic (exact) mass is 221 g/mol. The van der Waals surface area contributed by atoms with E-state index >= 15 is 0 Å². The highest BCUT2D eigenvalue weighted by Crippen LogP contribution is 2.39. The lowest BCUT2D eigenvalue weighted by atomic mass is 9.81. The molecule has 4 heteroatoms. The molecule has 1 aliphatic carbocycles. The van der Waals surface area contributed by atoms with Gasteiger partial charge in [-0.2, -0.15) is 5.26 Å². The van der Waals surface area contributed by atoms with Crippen LogP contribution in [0.2, 0.25) is 0 Å². The van der Waals surface area contributed by atoms with E-state index in [0.717, 1.165) is 6.42 Å². The zero-order valence-corrected chi connectivity index (χ0v) is 8.73. The fourth-order valence-electron chi connectivity index (χ4n) is 2.03. The zero-order valence-electron chi connectivity index (χ0n) is 7.98. The molecule has 2 atom stereocenters. The van der Waals surface area contributed by atoms with Crippen LogP contribution in [0, 0.1) is 23.2 Å². The Hall–Kier alpha value is -0.360. The van der Waals surface area contributed by atoms with Gasteiger partial charge in [0.05, 0.1) is 12.0 Å². The van der Waals surface area contributed by atoms with Crippen molar-refractivity contribution in [1.82, 2.24) is 0 Å². The van der Waals surface area contributed by atoms with E-state index in [1.54, 1.807) is 0 Å². The third-order valence-electron chi connectivity index (χ3n) is 2.73. The summed E-state index contributed by atoms with van der Waals surface area (Å²) in [5.41, 5.74) is 0. The summed E-state index contributed by atoms with van der Waals surface area (Å²) in [5.74, 6) is -2.56. The Kier molecular flexibility index (Phi) is 4.12. The van der Waals surface area contributed by atoms with Crippen molar-refractivity contribution >= 4 is 11.6 Å². The zero-order chi connectivity index (χ0) is 10.6. The van der Waals surface area contributed by atoms with E-state index in [0.29, 0.717) is 12.8 Å². The van der Waals surface area contributed by atoms with Crippen LogP contribution in [0.4, 0.5) is 8.78 Å². The predicted molar refractivity (Wildman–Crippen MR) is 51.3 cm³/mol. The smallest absolute Gasteiger partial charge is 0.207 e. The first-order valence-electron chi connectivity index (χ1n) is 4.91. The molecule has 0 spiro atoms. The number of nitrogens with zero attached hydrogens (tertiary/aromatic N) is 1. The molecular weight excluding hydrogens is 208 g/mol. The van der Waals surface area contributed by atoms with Crippen molar-refractivity contribution < 1.29 is 8.78 Å². The van der Waals surface area contributed by atoms with Crippen LogP contribution < -0.4 is 0 Å².